The lowest BCUT2D eigenvalue weighted by Gasteiger charge is -2.35. The van der Waals surface area contributed by atoms with Crippen LogP contribution in [0.3, 0.4) is 0 Å². The minimum atomic E-state index is -4.23. The van der Waals surface area contributed by atoms with Crippen LogP contribution in [0.1, 0.15) is 6.42 Å². The molecule has 1 fully saturated rings. The van der Waals surface area contributed by atoms with E-state index in [-0.39, 0.29) is 19.0 Å². The molecule has 102 valence electrons. The highest BCUT2D eigenvalue weighted by molar-refractivity contribution is 4.91. The number of ether oxygens (including phenoxy) is 1. The highest BCUT2D eigenvalue weighted by Gasteiger charge is 2.44. The molecule has 17 heavy (non-hydrogen) atoms. The number of nitrogens with two attached hydrogens (primary N) is 1. The maximum atomic E-state index is 12.5. The van der Waals surface area contributed by atoms with Gasteiger partial charge in [0.15, 0.2) is 0 Å². The zero-order valence-corrected chi connectivity index (χ0v) is 10.1. The van der Waals surface area contributed by atoms with Crippen LogP contribution in [0.25, 0.3) is 0 Å². The van der Waals surface area contributed by atoms with Gasteiger partial charge in [-0.1, -0.05) is 0 Å². The molecule has 0 saturated carbocycles. The Morgan fingerprint density at radius 2 is 2.06 bits per heavy atom. The first-order valence-electron chi connectivity index (χ1n) is 5.62. The van der Waals surface area contributed by atoms with Crippen LogP contribution >= 0.6 is 0 Å². The summed E-state index contributed by atoms with van der Waals surface area (Å²) in [5, 5.41) is 2.40. The summed E-state index contributed by atoms with van der Waals surface area (Å²) in [4.78, 5) is 1.91. The van der Waals surface area contributed by atoms with Crippen LogP contribution in [0.5, 0.6) is 0 Å². The van der Waals surface area contributed by atoms with Crippen LogP contribution in [0.4, 0.5) is 13.2 Å². The molecule has 1 saturated heterocycles. The fourth-order valence-electron chi connectivity index (χ4n) is 1.73. The number of alkyl halides is 3. The number of piperidine rings is 1. The van der Waals surface area contributed by atoms with Gasteiger partial charge in [-0.25, -0.2) is 0 Å². The van der Waals surface area contributed by atoms with Gasteiger partial charge in [-0.3, -0.25) is 0 Å². The molecule has 1 heterocycles. The van der Waals surface area contributed by atoms with Gasteiger partial charge >= 0.3 is 6.18 Å². The van der Waals surface area contributed by atoms with E-state index in [1.54, 1.807) is 0 Å². The average Bonchev–Trinajstić information content (AvgIpc) is 2.18. The standard InChI is InChI=1S/C10H20F3N3O/c1-16(2)3-4-17-8-5-9(10(11,12)13)15-6-7(8)14/h7-9,15H,3-6,14H2,1-2H3. The molecular formula is C10H20F3N3O. The van der Waals surface area contributed by atoms with Crippen molar-refractivity contribution in [2.24, 2.45) is 5.73 Å². The summed E-state index contributed by atoms with van der Waals surface area (Å²) >= 11 is 0. The van der Waals surface area contributed by atoms with Gasteiger partial charge in [-0.15, -0.1) is 0 Å². The second-order valence-corrected chi connectivity index (χ2v) is 4.61. The molecular weight excluding hydrogens is 235 g/mol. The highest BCUT2D eigenvalue weighted by Crippen LogP contribution is 2.27. The Morgan fingerprint density at radius 1 is 1.41 bits per heavy atom. The van der Waals surface area contributed by atoms with E-state index in [0.717, 1.165) is 0 Å². The van der Waals surface area contributed by atoms with E-state index < -0.39 is 18.3 Å². The minimum absolute atomic E-state index is 0.113. The fraction of sp³-hybridized carbons (Fsp3) is 1.00. The van der Waals surface area contributed by atoms with Crippen molar-refractivity contribution >= 4 is 0 Å². The maximum Gasteiger partial charge on any atom is 0.403 e. The Bertz CT molecular complexity index is 235. The SMILES string of the molecule is CN(C)CCOC1CC(C(F)(F)F)NCC1N. The third kappa shape index (κ3) is 4.79. The first-order valence-corrected chi connectivity index (χ1v) is 5.62. The first-order chi connectivity index (χ1) is 7.80. The molecule has 0 radical (unpaired) electrons. The fourth-order valence-corrected chi connectivity index (χ4v) is 1.73. The van der Waals surface area contributed by atoms with Gasteiger partial charge in [0.05, 0.1) is 12.7 Å². The number of nitrogens with one attached hydrogen (secondary N) is 1. The number of nitrogens with zero attached hydrogens (tertiary/aromatic N) is 1. The van der Waals surface area contributed by atoms with E-state index >= 15 is 0 Å². The van der Waals surface area contributed by atoms with Crippen LogP contribution in [0.2, 0.25) is 0 Å². The molecule has 3 atom stereocenters. The lowest BCUT2D eigenvalue weighted by Crippen LogP contribution is -2.59. The number of rotatable bonds is 4. The van der Waals surface area contributed by atoms with Crippen LogP contribution in [0.15, 0.2) is 0 Å². The maximum absolute atomic E-state index is 12.5. The number of hydrogen-bond acceptors (Lipinski definition) is 4. The summed E-state index contributed by atoms with van der Waals surface area (Å²) in [5.74, 6) is 0. The molecule has 1 aliphatic rings. The van der Waals surface area contributed by atoms with Crippen molar-refractivity contribution in [2.75, 3.05) is 33.8 Å². The van der Waals surface area contributed by atoms with Gasteiger partial charge in [-0.05, 0) is 20.5 Å². The van der Waals surface area contributed by atoms with E-state index in [1.807, 2.05) is 19.0 Å². The minimum Gasteiger partial charge on any atom is -0.375 e. The predicted molar refractivity (Wildman–Crippen MR) is 58.7 cm³/mol. The quantitative estimate of drug-likeness (QED) is 0.752. The molecule has 7 heteroatoms. The van der Waals surface area contributed by atoms with E-state index in [0.29, 0.717) is 13.2 Å². The Labute approximate surface area is 99.3 Å². The summed E-state index contributed by atoms with van der Waals surface area (Å²) in [5.41, 5.74) is 5.73. The van der Waals surface area contributed by atoms with Crippen LogP contribution in [0, 0.1) is 0 Å². The van der Waals surface area contributed by atoms with Gasteiger partial charge < -0.3 is 20.7 Å². The molecule has 3 N–H and O–H groups in total. The van der Waals surface area contributed by atoms with Gasteiger partial charge in [0, 0.05) is 19.1 Å². The van der Waals surface area contributed by atoms with Crippen LogP contribution in [-0.2, 0) is 4.74 Å². The summed E-state index contributed by atoms with van der Waals surface area (Å²) in [6.07, 6.45) is -4.87. The van der Waals surface area contributed by atoms with E-state index in [2.05, 4.69) is 5.32 Å². The number of likely N-dealkylation sites (N-methyl/N-ethyl adjacent to an activating group) is 1. The van der Waals surface area contributed by atoms with Crippen molar-refractivity contribution in [1.29, 1.82) is 0 Å². The average molecular weight is 255 g/mol. The van der Waals surface area contributed by atoms with Crippen LogP contribution in [-0.4, -0.2) is 63.1 Å². The van der Waals surface area contributed by atoms with E-state index in [4.69, 9.17) is 10.5 Å². The first kappa shape index (κ1) is 14.7. The van der Waals surface area contributed by atoms with Crippen molar-refractivity contribution < 1.29 is 17.9 Å². The van der Waals surface area contributed by atoms with E-state index in [9.17, 15) is 13.2 Å². The summed E-state index contributed by atoms with van der Waals surface area (Å²) in [7, 11) is 3.76. The monoisotopic (exact) mass is 255 g/mol. The van der Waals surface area contributed by atoms with Crippen molar-refractivity contribution in [3.63, 3.8) is 0 Å². The third-order valence-corrected chi connectivity index (χ3v) is 2.81. The molecule has 0 amide bonds. The Balaban J connectivity index is 2.41. The lowest BCUT2D eigenvalue weighted by atomic mass is 9.97. The summed E-state index contributed by atoms with van der Waals surface area (Å²) < 4.78 is 43.0. The second-order valence-electron chi connectivity index (χ2n) is 4.61. The second kappa shape index (κ2) is 5.99. The summed E-state index contributed by atoms with van der Waals surface area (Å²) in [6.45, 7) is 1.21. The largest absolute Gasteiger partial charge is 0.403 e. The smallest absolute Gasteiger partial charge is 0.375 e. The topological polar surface area (TPSA) is 50.5 Å². The van der Waals surface area contributed by atoms with Gasteiger partial charge in [0.1, 0.15) is 6.04 Å². The van der Waals surface area contributed by atoms with Crippen molar-refractivity contribution in [3.8, 4) is 0 Å². The summed E-state index contributed by atoms with van der Waals surface area (Å²) in [6, 6.07) is -1.89. The molecule has 0 aromatic carbocycles. The molecule has 0 aliphatic carbocycles. The van der Waals surface area contributed by atoms with Gasteiger partial charge in [-0.2, -0.15) is 13.2 Å². The Morgan fingerprint density at radius 3 is 2.59 bits per heavy atom. The molecule has 0 aromatic rings. The van der Waals surface area contributed by atoms with Crippen molar-refractivity contribution in [2.45, 2.75) is 30.8 Å². The Kier molecular flexibility index (Phi) is 5.18. The van der Waals surface area contributed by atoms with Gasteiger partial charge in [0.2, 0.25) is 0 Å². The number of hydrogen-bond donors (Lipinski definition) is 2. The third-order valence-electron chi connectivity index (χ3n) is 2.81. The van der Waals surface area contributed by atoms with Gasteiger partial charge in [0.25, 0.3) is 0 Å². The molecule has 0 bridgehead atoms. The van der Waals surface area contributed by atoms with Crippen molar-refractivity contribution in [1.82, 2.24) is 10.2 Å². The zero-order chi connectivity index (χ0) is 13.1. The molecule has 0 aromatic heterocycles. The molecule has 0 spiro atoms. The molecule has 1 aliphatic heterocycles. The molecule has 4 nitrogen and oxygen atoms in total. The highest BCUT2D eigenvalue weighted by atomic mass is 19.4. The predicted octanol–water partition coefficient (Wildman–Crippen LogP) is 0.185. The van der Waals surface area contributed by atoms with E-state index in [1.165, 1.54) is 0 Å². The normalized spacial score (nSPS) is 30.9. The molecule has 1 rings (SSSR count). The zero-order valence-electron chi connectivity index (χ0n) is 10.1. The number of halogens is 3. The van der Waals surface area contributed by atoms with Crippen molar-refractivity contribution in [3.05, 3.63) is 0 Å². The molecule has 3 unspecified atom stereocenters. The Hall–Kier alpha value is -0.370. The van der Waals surface area contributed by atoms with Crippen LogP contribution < -0.4 is 11.1 Å². The lowest BCUT2D eigenvalue weighted by molar-refractivity contribution is -0.171.